The van der Waals surface area contributed by atoms with Gasteiger partial charge in [-0.1, -0.05) is 24.3 Å². The molecule has 0 aliphatic carbocycles. The highest BCUT2D eigenvalue weighted by atomic mass is 32.2. The molecule has 0 spiro atoms. The molecule has 0 aliphatic heterocycles. The molecule has 0 radical (unpaired) electrons. The average molecular weight is 193 g/mol. The van der Waals surface area contributed by atoms with Gasteiger partial charge in [0.1, 0.15) is 0 Å². The van der Waals surface area contributed by atoms with Crippen LogP contribution < -0.4 is 0 Å². The fourth-order valence-electron chi connectivity index (χ4n) is 1.07. The zero-order valence-electron chi connectivity index (χ0n) is 8.78. The molecule has 0 N–H and O–H groups in total. The molecule has 0 unspecified atom stereocenters. The lowest BCUT2D eigenvalue weighted by atomic mass is 10.2. The molecule has 0 saturated heterocycles. The van der Waals surface area contributed by atoms with Crippen molar-refractivity contribution in [3.8, 4) is 0 Å². The number of rotatable bonds is 6. The van der Waals surface area contributed by atoms with Gasteiger partial charge in [-0.3, -0.25) is 0 Å². The van der Waals surface area contributed by atoms with Gasteiger partial charge in [0.2, 0.25) is 0 Å². The van der Waals surface area contributed by atoms with E-state index >= 15 is 0 Å². The molecule has 1 aromatic rings. The first kappa shape index (κ1) is 8.89. The van der Waals surface area contributed by atoms with Crippen molar-refractivity contribution in [2.45, 2.75) is 24.2 Å². The Balaban J connectivity index is 2.05. The van der Waals surface area contributed by atoms with Gasteiger partial charge in [-0.15, -0.1) is 18.3 Å². The average Bonchev–Trinajstić information content (AvgIpc) is 2.25. The Morgan fingerprint density at radius 2 is 2.15 bits per heavy atom. The van der Waals surface area contributed by atoms with Gasteiger partial charge < -0.3 is 0 Å². The molecule has 0 atom stereocenters. The summed E-state index contributed by atoms with van der Waals surface area (Å²) in [7, 11) is 0. The fourth-order valence-corrected chi connectivity index (χ4v) is 2.00. The smallest absolute Gasteiger partial charge is 0.0534 e. The van der Waals surface area contributed by atoms with Gasteiger partial charge in [-0.25, -0.2) is 0 Å². The van der Waals surface area contributed by atoms with Crippen molar-refractivity contribution in [3.63, 3.8) is 0 Å². The number of hydrogen-bond acceptors (Lipinski definition) is 1. The Morgan fingerprint density at radius 3 is 2.92 bits per heavy atom. The second-order valence-corrected chi connectivity index (χ2v) is 4.06. The lowest BCUT2D eigenvalue weighted by Gasteiger charge is -1.99. The number of hydrogen-bond donors (Lipinski definition) is 0. The number of thioether (sulfide) groups is 1. The molecule has 1 heteroatoms. The fraction of sp³-hybridized carbons (Fsp3) is 0.333. The largest absolute Gasteiger partial charge is 0.126 e. The second-order valence-electron chi connectivity index (χ2n) is 2.89. The summed E-state index contributed by atoms with van der Waals surface area (Å²) < 4.78 is 6.83. The topological polar surface area (TPSA) is 0 Å². The zero-order chi connectivity index (χ0) is 10.1. The molecular weight excluding hydrogens is 176 g/mol. The predicted molar refractivity (Wildman–Crippen MR) is 61.2 cm³/mol. The van der Waals surface area contributed by atoms with Crippen molar-refractivity contribution in [2.75, 3.05) is 5.75 Å². The minimum absolute atomic E-state index is 1.04. The first-order chi connectivity index (χ1) is 6.93. The second kappa shape index (κ2) is 6.79. The van der Waals surface area contributed by atoms with Crippen molar-refractivity contribution in [1.29, 1.82) is 0 Å². The van der Waals surface area contributed by atoms with E-state index in [0.29, 0.717) is 0 Å². The van der Waals surface area contributed by atoms with E-state index in [1.54, 1.807) is 0 Å². The van der Waals surface area contributed by atoms with E-state index in [1.807, 2.05) is 23.9 Å². The molecule has 0 nitrogen and oxygen atoms in total. The van der Waals surface area contributed by atoms with Crippen LogP contribution in [0.25, 0.3) is 0 Å². The highest BCUT2D eigenvalue weighted by Crippen LogP contribution is 2.18. The minimum atomic E-state index is 1.04. The van der Waals surface area contributed by atoms with Crippen LogP contribution in [0.2, 0.25) is 0 Å². The van der Waals surface area contributed by atoms with Crippen LogP contribution in [0.15, 0.2) is 47.9 Å². The van der Waals surface area contributed by atoms with Gasteiger partial charge in [0.25, 0.3) is 0 Å². The standard InChI is InChI=1S/C12H16S/c1-2-3-4-8-11-13-12-9-6-5-7-10-12/h2,5-7,9-10H,1,3-4,8,11H2/i1D. The SMILES string of the molecule is [2H]C=CCCCCSc1ccccc1. The van der Waals surface area contributed by atoms with Crippen LogP contribution in [-0.2, 0) is 0 Å². The number of allylic oxidation sites excluding steroid dienone is 1. The highest BCUT2D eigenvalue weighted by Gasteiger charge is 1.91. The molecule has 70 valence electrons. The van der Waals surface area contributed by atoms with E-state index in [1.165, 1.54) is 30.0 Å². The van der Waals surface area contributed by atoms with Crippen LogP contribution >= 0.6 is 11.8 Å². The lowest BCUT2D eigenvalue weighted by Crippen LogP contribution is -1.79. The van der Waals surface area contributed by atoms with Crippen LogP contribution in [0.1, 0.15) is 20.6 Å². The molecule has 0 amide bonds. The molecule has 0 aromatic heterocycles. The first-order valence-electron chi connectivity index (χ1n) is 5.22. The van der Waals surface area contributed by atoms with E-state index in [9.17, 15) is 0 Å². The normalized spacial score (nSPS) is 11.8. The third-order valence-corrected chi connectivity index (χ3v) is 2.88. The third-order valence-electron chi connectivity index (χ3n) is 1.78. The molecule has 13 heavy (non-hydrogen) atoms. The summed E-state index contributed by atoms with van der Waals surface area (Å²) in [5, 5.41) is 0. The van der Waals surface area contributed by atoms with E-state index in [4.69, 9.17) is 1.37 Å². The number of unbranched alkanes of at least 4 members (excludes halogenated alkanes) is 2. The summed E-state index contributed by atoms with van der Waals surface area (Å²) in [5.74, 6) is 1.18. The van der Waals surface area contributed by atoms with E-state index in [2.05, 4.69) is 24.3 Å². The van der Waals surface area contributed by atoms with E-state index < -0.39 is 0 Å². The Labute approximate surface area is 86.5 Å². The Kier molecular flexibility index (Phi) is 4.64. The Hall–Kier alpha value is -0.690. The monoisotopic (exact) mass is 193 g/mol. The highest BCUT2D eigenvalue weighted by molar-refractivity contribution is 7.99. The van der Waals surface area contributed by atoms with Crippen LogP contribution in [0.4, 0.5) is 0 Å². The minimum Gasteiger partial charge on any atom is -0.126 e. The molecular formula is C12H16S. The van der Waals surface area contributed by atoms with Crippen molar-refractivity contribution in [1.82, 2.24) is 0 Å². The molecule has 1 rings (SSSR count). The number of benzene rings is 1. The molecule has 0 saturated carbocycles. The molecule has 0 fully saturated rings. The van der Waals surface area contributed by atoms with Crippen molar-refractivity contribution < 1.29 is 1.37 Å². The summed E-state index contributed by atoms with van der Waals surface area (Å²) in [6.45, 7) is 1.38. The van der Waals surface area contributed by atoms with Gasteiger partial charge >= 0.3 is 0 Å². The molecule has 0 heterocycles. The van der Waals surface area contributed by atoms with Crippen molar-refractivity contribution >= 4 is 11.8 Å². The quantitative estimate of drug-likeness (QED) is 0.372. The lowest BCUT2D eigenvalue weighted by molar-refractivity contribution is 0.824. The van der Waals surface area contributed by atoms with Gasteiger partial charge in [-0.2, -0.15) is 0 Å². The summed E-state index contributed by atoms with van der Waals surface area (Å²) in [4.78, 5) is 1.35. The zero-order valence-corrected chi connectivity index (χ0v) is 8.59. The summed E-state index contributed by atoms with van der Waals surface area (Å²) >= 11 is 1.91. The summed E-state index contributed by atoms with van der Waals surface area (Å²) in [6, 6.07) is 10.5. The van der Waals surface area contributed by atoms with Crippen molar-refractivity contribution in [2.24, 2.45) is 0 Å². The maximum atomic E-state index is 6.83. The van der Waals surface area contributed by atoms with Gasteiger partial charge in [0.15, 0.2) is 0 Å². The maximum absolute atomic E-state index is 6.83. The summed E-state index contributed by atoms with van der Waals surface area (Å²) in [5.41, 5.74) is 0. The van der Waals surface area contributed by atoms with Gasteiger partial charge in [-0.05, 0) is 37.1 Å². The van der Waals surface area contributed by atoms with Gasteiger partial charge in [0, 0.05) is 4.90 Å². The van der Waals surface area contributed by atoms with Crippen LogP contribution in [0, 0.1) is 0 Å². The van der Waals surface area contributed by atoms with Crippen molar-refractivity contribution in [3.05, 3.63) is 43.0 Å². The van der Waals surface area contributed by atoms with Gasteiger partial charge in [0.05, 0.1) is 1.37 Å². The predicted octanol–water partition coefficient (Wildman–Crippen LogP) is 4.14. The Bertz CT molecular complexity index is 256. The summed E-state index contributed by atoms with van der Waals surface area (Å²) in [6.07, 6.45) is 5.37. The first-order valence-corrected chi connectivity index (χ1v) is 5.63. The molecule has 0 bridgehead atoms. The third kappa shape index (κ3) is 4.79. The Morgan fingerprint density at radius 1 is 1.31 bits per heavy atom. The van der Waals surface area contributed by atoms with E-state index in [0.717, 1.165) is 6.42 Å². The van der Waals surface area contributed by atoms with Crippen LogP contribution in [0.5, 0.6) is 0 Å². The van der Waals surface area contributed by atoms with E-state index in [-0.39, 0.29) is 0 Å². The van der Waals surface area contributed by atoms with Crippen LogP contribution in [0.3, 0.4) is 0 Å². The van der Waals surface area contributed by atoms with Crippen LogP contribution in [-0.4, -0.2) is 5.75 Å². The molecule has 0 aliphatic rings. The molecule has 1 aromatic carbocycles. The maximum Gasteiger partial charge on any atom is 0.0534 e.